The van der Waals surface area contributed by atoms with Crippen LogP contribution in [0.5, 0.6) is 0 Å². The van der Waals surface area contributed by atoms with Crippen molar-refractivity contribution in [3.63, 3.8) is 0 Å². The first-order chi connectivity index (χ1) is 9.61. The highest BCUT2D eigenvalue weighted by molar-refractivity contribution is 8.03. The van der Waals surface area contributed by atoms with Crippen molar-refractivity contribution in [3.05, 3.63) is 39.9 Å². The first kappa shape index (κ1) is 13.4. The van der Waals surface area contributed by atoms with Gasteiger partial charge in [-0.05, 0) is 12.1 Å². The molecule has 0 amide bonds. The lowest BCUT2D eigenvalue weighted by Gasteiger charge is -2.26. The van der Waals surface area contributed by atoms with Gasteiger partial charge in [0.25, 0.3) is 0 Å². The Morgan fingerprint density at radius 1 is 1.60 bits per heavy atom. The van der Waals surface area contributed by atoms with E-state index in [0.717, 1.165) is 17.0 Å². The molecule has 0 aliphatic carbocycles. The topological polar surface area (TPSA) is 72.2 Å². The van der Waals surface area contributed by atoms with E-state index in [-0.39, 0.29) is 11.1 Å². The number of hydrogen-bond donors (Lipinski definition) is 2. The van der Waals surface area contributed by atoms with Crippen LogP contribution in [0.3, 0.4) is 0 Å². The first-order valence-electron chi connectivity index (χ1n) is 6.22. The molecule has 5 nitrogen and oxygen atoms in total. The van der Waals surface area contributed by atoms with E-state index in [4.69, 9.17) is 5.26 Å². The summed E-state index contributed by atoms with van der Waals surface area (Å²) in [6, 6.07) is 4.93. The Kier molecular flexibility index (Phi) is 3.38. The Morgan fingerprint density at radius 3 is 3.05 bits per heavy atom. The Morgan fingerprint density at radius 2 is 2.40 bits per heavy atom. The van der Waals surface area contributed by atoms with Crippen LogP contribution in [0.2, 0.25) is 0 Å². The minimum Gasteiger partial charge on any atom is -0.374 e. The summed E-state index contributed by atoms with van der Waals surface area (Å²) in [5, 5.41) is 21.4. The lowest BCUT2D eigenvalue weighted by Crippen LogP contribution is -2.35. The zero-order valence-electron chi connectivity index (χ0n) is 10.8. The molecule has 2 aliphatic rings. The summed E-state index contributed by atoms with van der Waals surface area (Å²) in [5.41, 5.74) is 1.53. The van der Waals surface area contributed by atoms with Gasteiger partial charge in [-0.15, -0.1) is 0 Å². The summed E-state index contributed by atoms with van der Waals surface area (Å²) in [6.45, 7) is 0.700. The molecule has 104 valence electrons. The predicted octanol–water partition coefficient (Wildman–Crippen LogP) is 1.29. The molecule has 2 aliphatic heterocycles. The highest BCUT2D eigenvalue weighted by Crippen LogP contribution is 2.49. The Hall–Kier alpha value is -1.62. The third-order valence-corrected chi connectivity index (χ3v) is 5.01. The van der Waals surface area contributed by atoms with Crippen LogP contribution < -0.4 is 5.32 Å². The van der Waals surface area contributed by atoms with Crippen molar-refractivity contribution in [1.29, 1.82) is 5.26 Å². The number of aromatic nitrogens is 1. The number of halogens is 1. The van der Waals surface area contributed by atoms with Gasteiger partial charge in [-0.25, -0.2) is 4.98 Å². The summed E-state index contributed by atoms with van der Waals surface area (Å²) in [6.07, 6.45) is 0.114. The molecule has 0 saturated carbocycles. The molecule has 20 heavy (non-hydrogen) atoms. The van der Waals surface area contributed by atoms with Crippen molar-refractivity contribution in [2.45, 2.75) is 18.0 Å². The van der Waals surface area contributed by atoms with E-state index >= 15 is 0 Å². The summed E-state index contributed by atoms with van der Waals surface area (Å²) in [7, 11) is 1.88. The number of aliphatic hydroxyl groups is 1. The zero-order valence-corrected chi connectivity index (χ0v) is 11.6. The van der Waals surface area contributed by atoms with E-state index in [9.17, 15) is 9.50 Å². The summed E-state index contributed by atoms with van der Waals surface area (Å²) in [4.78, 5) is 6.45. The molecule has 0 saturated heterocycles. The second-order valence-corrected chi connectivity index (χ2v) is 5.81. The van der Waals surface area contributed by atoms with Gasteiger partial charge >= 0.3 is 0 Å². The molecule has 0 radical (unpaired) electrons. The van der Waals surface area contributed by atoms with Crippen molar-refractivity contribution in [1.82, 2.24) is 15.2 Å². The maximum absolute atomic E-state index is 14.0. The van der Waals surface area contributed by atoms with E-state index < -0.39 is 12.2 Å². The van der Waals surface area contributed by atoms with Gasteiger partial charge in [0.1, 0.15) is 23.4 Å². The Balaban J connectivity index is 1.93. The predicted molar refractivity (Wildman–Crippen MR) is 72.7 cm³/mol. The summed E-state index contributed by atoms with van der Waals surface area (Å²) >= 11 is 1.42. The molecule has 0 fully saturated rings. The fourth-order valence-electron chi connectivity index (χ4n) is 2.49. The van der Waals surface area contributed by atoms with Crippen LogP contribution in [-0.4, -0.2) is 34.8 Å². The van der Waals surface area contributed by atoms with E-state index in [2.05, 4.69) is 10.3 Å². The molecule has 3 rings (SSSR count). The van der Waals surface area contributed by atoms with Gasteiger partial charge in [0.2, 0.25) is 5.95 Å². The van der Waals surface area contributed by atoms with Crippen molar-refractivity contribution < 1.29 is 9.50 Å². The van der Waals surface area contributed by atoms with E-state index in [0.29, 0.717) is 12.1 Å². The second-order valence-electron chi connectivity index (χ2n) is 4.69. The number of rotatable bonds is 1. The van der Waals surface area contributed by atoms with E-state index in [1.165, 1.54) is 17.8 Å². The fraction of sp³-hybridized carbons (Fsp3) is 0.385. The lowest BCUT2D eigenvalue weighted by molar-refractivity contribution is 0.169. The second kappa shape index (κ2) is 5.05. The standard InChI is InChI=1S/C13H13FN4OS/c1-18-9-4-5-16-12(19)10(9)20-13(18)8-3-2-7(6-15)17-11(8)14/h2-3,12-13,16,19H,4-5H2,1H3. The summed E-state index contributed by atoms with van der Waals surface area (Å²) < 4.78 is 14.0. The molecule has 2 N–H and O–H groups in total. The molecule has 1 aromatic rings. The minimum absolute atomic E-state index is 0.0660. The molecule has 0 bridgehead atoms. The highest BCUT2D eigenvalue weighted by Gasteiger charge is 2.37. The largest absolute Gasteiger partial charge is 0.374 e. The van der Waals surface area contributed by atoms with Crippen molar-refractivity contribution in [2.75, 3.05) is 13.6 Å². The average Bonchev–Trinajstić information content (AvgIpc) is 2.78. The van der Waals surface area contributed by atoms with Crippen molar-refractivity contribution >= 4 is 11.8 Å². The number of hydrogen-bond acceptors (Lipinski definition) is 6. The van der Waals surface area contributed by atoms with Gasteiger partial charge in [-0.1, -0.05) is 11.8 Å². The number of nitrogens with one attached hydrogen (secondary N) is 1. The third-order valence-electron chi connectivity index (χ3n) is 3.51. The molecule has 2 unspecified atom stereocenters. The smallest absolute Gasteiger partial charge is 0.220 e. The normalized spacial score (nSPS) is 25.6. The van der Waals surface area contributed by atoms with Gasteiger partial charge in [-0.2, -0.15) is 9.65 Å². The van der Waals surface area contributed by atoms with Crippen LogP contribution in [0.15, 0.2) is 22.7 Å². The Bertz CT molecular complexity index is 627. The number of nitriles is 1. The third kappa shape index (κ3) is 2.06. The molecule has 2 atom stereocenters. The number of nitrogens with zero attached hydrogens (tertiary/aromatic N) is 3. The van der Waals surface area contributed by atoms with Crippen molar-refractivity contribution in [2.24, 2.45) is 0 Å². The lowest BCUT2D eigenvalue weighted by atomic mass is 10.1. The minimum atomic E-state index is -0.689. The summed E-state index contributed by atoms with van der Waals surface area (Å²) in [5.74, 6) is -0.629. The van der Waals surface area contributed by atoms with Crippen LogP contribution in [-0.2, 0) is 0 Å². The first-order valence-corrected chi connectivity index (χ1v) is 7.10. The van der Waals surface area contributed by atoms with Crippen LogP contribution in [0.4, 0.5) is 4.39 Å². The number of thioether (sulfide) groups is 1. The van der Waals surface area contributed by atoms with E-state index in [1.807, 2.05) is 18.0 Å². The highest BCUT2D eigenvalue weighted by atomic mass is 32.2. The SMILES string of the molecule is CN1C2=C(SC1c1ccc(C#N)nc1F)C(O)NCC2. The van der Waals surface area contributed by atoms with Gasteiger partial charge < -0.3 is 10.0 Å². The molecule has 7 heteroatoms. The van der Waals surface area contributed by atoms with Crippen LogP contribution in [0.1, 0.15) is 23.1 Å². The molecule has 1 aromatic heterocycles. The zero-order chi connectivity index (χ0) is 14.3. The van der Waals surface area contributed by atoms with E-state index in [1.54, 1.807) is 6.07 Å². The van der Waals surface area contributed by atoms with Crippen molar-refractivity contribution in [3.8, 4) is 6.07 Å². The molecule has 3 heterocycles. The van der Waals surface area contributed by atoms with Crippen LogP contribution in [0, 0.1) is 17.3 Å². The van der Waals surface area contributed by atoms with Crippen LogP contribution >= 0.6 is 11.8 Å². The van der Waals surface area contributed by atoms with Gasteiger partial charge in [0, 0.05) is 36.2 Å². The molecule has 0 spiro atoms. The monoisotopic (exact) mass is 292 g/mol. The number of pyridine rings is 1. The maximum atomic E-state index is 14.0. The fourth-order valence-corrected chi connectivity index (χ4v) is 3.91. The quantitative estimate of drug-likeness (QED) is 0.760. The molecular formula is C13H13FN4OS. The molecule has 0 aromatic carbocycles. The van der Waals surface area contributed by atoms with Gasteiger partial charge in [0.05, 0.1) is 0 Å². The average molecular weight is 292 g/mol. The Labute approximate surface area is 120 Å². The van der Waals surface area contributed by atoms with Gasteiger partial charge in [0.15, 0.2) is 0 Å². The molecular weight excluding hydrogens is 279 g/mol. The number of aliphatic hydroxyl groups excluding tert-OH is 1. The van der Waals surface area contributed by atoms with Crippen LogP contribution in [0.25, 0.3) is 0 Å². The maximum Gasteiger partial charge on any atom is 0.220 e. The van der Waals surface area contributed by atoms with Gasteiger partial charge in [-0.3, -0.25) is 5.32 Å².